The summed E-state index contributed by atoms with van der Waals surface area (Å²) in [6, 6.07) is 55.2. The molecule has 0 saturated carbocycles. The van der Waals surface area contributed by atoms with Crippen molar-refractivity contribution in [2.75, 3.05) is 0 Å². The summed E-state index contributed by atoms with van der Waals surface area (Å²) in [5.74, 6) is -4.65. The average molecular weight is 1040 g/mol. The van der Waals surface area contributed by atoms with Gasteiger partial charge >= 0.3 is 0 Å². The molecule has 0 N–H and O–H groups in total. The monoisotopic (exact) mass is 1040 g/mol. The Bertz CT molecular complexity index is 3400. The SMILES string of the molecule is Cc1c(C#N)cccc1C#N.Cc1c(F)cc(F)cc1F.Cc1cc(F)cc(F)c1.Cc1ccc(C#N)cc1.Cc1ccc(C#N)cc1C#N.Cc1ccc(F)cc1F.Cc1cccc(C#N)c1.Cc1ccccc1C#N. The Labute approximate surface area is 445 Å². The molecule has 0 atom stereocenters. The van der Waals surface area contributed by atoms with Crippen LogP contribution in [0.1, 0.15) is 83.5 Å². The van der Waals surface area contributed by atoms with E-state index in [1.807, 2.05) is 119 Å². The molecule has 0 bridgehead atoms. The van der Waals surface area contributed by atoms with Crippen LogP contribution in [0.2, 0.25) is 0 Å². The van der Waals surface area contributed by atoms with Crippen LogP contribution in [0.4, 0.5) is 30.7 Å². The molecular weight excluding hydrogens is 988 g/mol. The van der Waals surface area contributed by atoms with E-state index in [0.29, 0.717) is 45.5 Å². The number of hydrogen-bond donors (Lipinski definition) is 0. The minimum Gasteiger partial charge on any atom is -0.207 e. The van der Waals surface area contributed by atoms with Crippen LogP contribution in [0, 0.1) is 175 Å². The second-order valence-electron chi connectivity index (χ2n) is 16.2. The molecule has 77 heavy (non-hydrogen) atoms. The number of nitriles is 7. The van der Waals surface area contributed by atoms with Crippen molar-refractivity contribution in [3.8, 4) is 42.5 Å². The predicted molar refractivity (Wildman–Crippen MR) is 282 cm³/mol. The minimum absolute atomic E-state index is 0.151. The zero-order valence-electron chi connectivity index (χ0n) is 43.3. The van der Waals surface area contributed by atoms with Crippen molar-refractivity contribution in [1.29, 1.82) is 36.8 Å². The van der Waals surface area contributed by atoms with Gasteiger partial charge in [0, 0.05) is 29.8 Å². The van der Waals surface area contributed by atoms with Crippen molar-refractivity contribution in [1.82, 2.24) is 0 Å². The van der Waals surface area contributed by atoms with E-state index in [1.54, 1.807) is 63.2 Å². The van der Waals surface area contributed by atoms with E-state index < -0.39 is 40.7 Å². The molecule has 8 rings (SSSR count). The number of hydrogen-bond acceptors (Lipinski definition) is 7. The van der Waals surface area contributed by atoms with Gasteiger partial charge in [0.2, 0.25) is 0 Å². The molecule has 8 aromatic carbocycles. The summed E-state index contributed by atoms with van der Waals surface area (Å²) < 4.78 is 85.7. The number of nitrogens with zero attached hydrogens (tertiary/aromatic N) is 7. The molecule has 0 aliphatic rings. The molecule has 0 amide bonds. The van der Waals surface area contributed by atoms with Gasteiger partial charge in [0.15, 0.2) is 0 Å². The van der Waals surface area contributed by atoms with Crippen LogP contribution in [-0.4, -0.2) is 0 Å². The molecule has 0 aliphatic heterocycles. The van der Waals surface area contributed by atoms with Crippen LogP contribution >= 0.6 is 0 Å². The molecule has 0 unspecified atom stereocenters. The molecule has 14 heteroatoms. The maximum absolute atomic E-state index is 12.4. The van der Waals surface area contributed by atoms with Crippen LogP contribution < -0.4 is 0 Å². The minimum atomic E-state index is -0.888. The van der Waals surface area contributed by atoms with Crippen molar-refractivity contribution >= 4 is 0 Å². The fourth-order valence-corrected chi connectivity index (χ4v) is 5.60. The molecule has 0 radical (unpaired) electrons. The number of rotatable bonds is 0. The van der Waals surface area contributed by atoms with E-state index in [0.717, 1.165) is 51.1 Å². The van der Waals surface area contributed by atoms with E-state index in [1.165, 1.54) is 36.8 Å². The summed E-state index contributed by atoms with van der Waals surface area (Å²) in [6.07, 6.45) is 0. The Morgan fingerprint density at radius 3 is 1.12 bits per heavy atom. The lowest BCUT2D eigenvalue weighted by Crippen LogP contribution is -1.89. The summed E-state index contributed by atoms with van der Waals surface area (Å²) >= 11 is 0. The summed E-state index contributed by atoms with van der Waals surface area (Å²) in [6.45, 7) is 14.0. The molecule has 0 heterocycles. The molecule has 7 nitrogen and oxygen atoms in total. The van der Waals surface area contributed by atoms with Crippen LogP contribution in [0.3, 0.4) is 0 Å². The Hall–Kier alpha value is -10.3. The summed E-state index contributed by atoms with van der Waals surface area (Å²) in [4.78, 5) is 0. The van der Waals surface area contributed by atoms with E-state index in [2.05, 4.69) is 18.2 Å². The molecule has 0 aromatic heterocycles. The van der Waals surface area contributed by atoms with E-state index in [9.17, 15) is 30.7 Å². The first-order valence-corrected chi connectivity index (χ1v) is 22.7. The molecule has 386 valence electrons. The van der Waals surface area contributed by atoms with Crippen molar-refractivity contribution in [2.24, 2.45) is 0 Å². The molecule has 0 aliphatic carbocycles. The van der Waals surface area contributed by atoms with Crippen LogP contribution in [0.5, 0.6) is 0 Å². The lowest BCUT2D eigenvalue weighted by atomic mass is 10.0. The van der Waals surface area contributed by atoms with Gasteiger partial charge in [-0.25, -0.2) is 30.7 Å². The van der Waals surface area contributed by atoms with Crippen molar-refractivity contribution < 1.29 is 30.7 Å². The Morgan fingerprint density at radius 1 is 0.260 bits per heavy atom. The number of halogens is 7. The van der Waals surface area contributed by atoms with Gasteiger partial charge in [0.05, 0.1) is 81.4 Å². The lowest BCUT2D eigenvalue weighted by molar-refractivity contribution is 0.532. The average Bonchev–Trinajstić information content (AvgIpc) is 3.40. The van der Waals surface area contributed by atoms with Crippen LogP contribution in [0.25, 0.3) is 0 Å². The highest BCUT2D eigenvalue weighted by molar-refractivity contribution is 5.47. The Morgan fingerprint density at radius 2 is 0.688 bits per heavy atom. The summed E-state index contributed by atoms with van der Waals surface area (Å²) in [7, 11) is 0. The Kier molecular flexibility index (Phi) is 29.4. The van der Waals surface area contributed by atoms with Crippen LogP contribution in [-0.2, 0) is 0 Å². The topological polar surface area (TPSA) is 167 Å². The highest BCUT2D eigenvalue weighted by Crippen LogP contribution is 2.14. The molecule has 0 saturated heterocycles. The molecule has 0 spiro atoms. The van der Waals surface area contributed by atoms with Gasteiger partial charge in [-0.3, -0.25) is 0 Å². The molecular formula is C63H50F7N7. The Balaban J connectivity index is 0.000000441. The predicted octanol–water partition coefficient (Wildman–Crippen LogP) is 16.0. The van der Waals surface area contributed by atoms with Gasteiger partial charge in [0.25, 0.3) is 0 Å². The van der Waals surface area contributed by atoms with E-state index >= 15 is 0 Å². The largest absolute Gasteiger partial charge is 0.207 e. The quantitative estimate of drug-likeness (QED) is 0.136. The molecule has 0 fully saturated rings. The zero-order valence-corrected chi connectivity index (χ0v) is 43.3. The second kappa shape index (κ2) is 35.0. The standard InChI is InChI=1S/2C9H6N2.3C8H7N.C7H5F3.2C7H6F2/c1-7-2-3-8(5-10)4-9(7)6-11;1-7-8(5-10)3-2-4-9(7)6-11;1-7-2-4-8(6-9)5-3-7;1-7-3-2-4-8(5-7)6-9;1-7-4-2-3-5-8(7)6-9;1-4-6(9)2-5(8)3-7(4)10;1-5-2-6(8)4-7(9)3-5;1-5-2-3-6(8)4-7(5)9/h2*2-4H,1H3;3*2-5H,1H3;2-3H,1H3;2*2-4H,1H3. The van der Waals surface area contributed by atoms with Crippen molar-refractivity contribution in [3.63, 3.8) is 0 Å². The fourth-order valence-electron chi connectivity index (χ4n) is 5.60. The van der Waals surface area contributed by atoms with Gasteiger partial charge < -0.3 is 0 Å². The van der Waals surface area contributed by atoms with E-state index in [-0.39, 0.29) is 5.56 Å². The van der Waals surface area contributed by atoms with E-state index in [4.69, 9.17) is 36.8 Å². The van der Waals surface area contributed by atoms with Crippen LogP contribution in [0.15, 0.2) is 158 Å². The normalized spacial score (nSPS) is 8.88. The molecule has 8 aromatic rings. The third-order valence-electron chi connectivity index (χ3n) is 10.0. The summed E-state index contributed by atoms with van der Waals surface area (Å²) in [5.41, 5.74) is 10.4. The number of aryl methyl sites for hydroxylation is 6. The van der Waals surface area contributed by atoms with Crippen molar-refractivity contribution in [2.45, 2.75) is 55.4 Å². The summed E-state index contributed by atoms with van der Waals surface area (Å²) in [5, 5.41) is 59.5. The third-order valence-corrected chi connectivity index (χ3v) is 10.0. The first kappa shape index (κ1) is 64.7. The van der Waals surface area contributed by atoms with Gasteiger partial charge in [-0.15, -0.1) is 0 Å². The lowest BCUT2D eigenvalue weighted by Gasteiger charge is -1.96. The maximum atomic E-state index is 12.4. The third kappa shape index (κ3) is 25.3. The zero-order chi connectivity index (χ0) is 58.0. The first-order chi connectivity index (χ1) is 36.5. The maximum Gasteiger partial charge on any atom is 0.131 e. The van der Waals surface area contributed by atoms with Gasteiger partial charge in [0.1, 0.15) is 40.7 Å². The fraction of sp³-hybridized carbons (Fsp3) is 0.127. The highest BCUT2D eigenvalue weighted by Gasteiger charge is 2.05. The first-order valence-electron chi connectivity index (χ1n) is 22.7. The highest BCUT2D eigenvalue weighted by atomic mass is 19.2. The number of benzene rings is 8. The van der Waals surface area contributed by atoms with Gasteiger partial charge in [-0.1, -0.05) is 66.2 Å². The van der Waals surface area contributed by atoms with Gasteiger partial charge in [-0.05, 0) is 162 Å². The smallest absolute Gasteiger partial charge is 0.131 e. The van der Waals surface area contributed by atoms with Crippen molar-refractivity contribution in [3.05, 3.63) is 282 Å². The second-order valence-corrected chi connectivity index (χ2v) is 16.2. The van der Waals surface area contributed by atoms with Gasteiger partial charge in [-0.2, -0.15) is 36.8 Å².